The van der Waals surface area contributed by atoms with Crippen molar-refractivity contribution in [1.82, 2.24) is 15.5 Å². The van der Waals surface area contributed by atoms with Crippen molar-refractivity contribution in [3.63, 3.8) is 0 Å². The van der Waals surface area contributed by atoms with Crippen LogP contribution in [0.3, 0.4) is 0 Å². The summed E-state index contributed by atoms with van der Waals surface area (Å²) >= 11 is 0. The highest BCUT2D eigenvalue weighted by Gasteiger charge is 2.38. The van der Waals surface area contributed by atoms with Crippen molar-refractivity contribution in [2.45, 2.75) is 64.6 Å². The highest BCUT2D eigenvalue weighted by Crippen LogP contribution is 2.27. The predicted molar refractivity (Wildman–Crippen MR) is 147 cm³/mol. The Bertz CT molecular complexity index is 1080. The zero-order valence-corrected chi connectivity index (χ0v) is 23.0. The Morgan fingerprint density at radius 1 is 1.00 bits per heavy atom. The van der Waals surface area contributed by atoms with Crippen LogP contribution in [0.4, 0.5) is 0 Å². The van der Waals surface area contributed by atoms with Gasteiger partial charge in [0, 0.05) is 24.5 Å². The van der Waals surface area contributed by atoms with Gasteiger partial charge < -0.3 is 20.6 Å². The molecule has 2 aromatic rings. The molecule has 0 saturated carbocycles. The fourth-order valence-electron chi connectivity index (χ4n) is 4.63. The van der Waals surface area contributed by atoms with Gasteiger partial charge in [-0.3, -0.25) is 9.59 Å². The van der Waals surface area contributed by atoms with E-state index < -0.39 is 29.5 Å². The van der Waals surface area contributed by atoms with Crippen LogP contribution in [0.15, 0.2) is 72.3 Å². The van der Waals surface area contributed by atoms with Crippen molar-refractivity contribution in [2.75, 3.05) is 14.1 Å². The van der Waals surface area contributed by atoms with Crippen LogP contribution in [0.1, 0.15) is 45.7 Å². The maximum atomic E-state index is 13.8. The van der Waals surface area contributed by atoms with Crippen molar-refractivity contribution in [2.24, 2.45) is 5.92 Å². The minimum absolute atomic E-state index is 0.0293. The number of carbonyl (C=O) groups excluding carboxylic acids is 2. The van der Waals surface area contributed by atoms with Gasteiger partial charge in [-0.05, 0) is 31.0 Å². The molecule has 0 unspecified atom stereocenters. The first-order valence-electron chi connectivity index (χ1n) is 12.7. The molecule has 0 aliphatic heterocycles. The first-order valence-corrected chi connectivity index (χ1v) is 12.7. The SMILES string of the molecule is CN[C@H](C(=O)N[C@@H](Cc1ccccc1)C(=O)N(C)[C@H](/C=C(\C)C(=O)O)C(C)C)C(C)(C)c1ccccc1. The number of aliphatic carboxylic acids is 1. The monoisotopic (exact) mass is 507 g/mol. The lowest BCUT2D eigenvalue weighted by Gasteiger charge is -2.36. The number of hydrogen-bond acceptors (Lipinski definition) is 4. The molecule has 3 atom stereocenters. The molecule has 0 aromatic heterocycles. The molecule has 0 saturated heterocycles. The topological polar surface area (TPSA) is 98.7 Å². The van der Waals surface area contributed by atoms with Crippen LogP contribution in [0.25, 0.3) is 0 Å². The second-order valence-electron chi connectivity index (χ2n) is 10.4. The molecule has 0 aliphatic rings. The van der Waals surface area contributed by atoms with Crippen LogP contribution in [0.2, 0.25) is 0 Å². The molecule has 0 fully saturated rings. The van der Waals surface area contributed by atoms with Gasteiger partial charge in [-0.1, -0.05) is 94.4 Å². The summed E-state index contributed by atoms with van der Waals surface area (Å²) in [5.41, 5.74) is 1.54. The Morgan fingerprint density at radius 3 is 2.03 bits per heavy atom. The van der Waals surface area contributed by atoms with E-state index in [0.717, 1.165) is 11.1 Å². The van der Waals surface area contributed by atoms with E-state index in [0.29, 0.717) is 6.42 Å². The van der Waals surface area contributed by atoms with E-state index >= 15 is 0 Å². The maximum Gasteiger partial charge on any atom is 0.331 e. The molecule has 2 amide bonds. The van der Waals surface area contributed by atoms with Crippen LogP contribution in [-0.2, 0) is 26.2 Å². The minimum Gasteiger partial charge on any atom is -0.478 e. The first kappa shape index (κ1) is 29.8. The van der Waals surface area contributed by atoms with Crippen molar-refractivity contribution in [3.05, 3.63) is 83.4 Å². The molecular formula is C30H41N3O4. The van der Waals surface area contributed by atoms with Gasteiger partial charge in [0.1, 0.15) is 6.04 Å². The van der Waals surface area contributed by atoms with Gasteiger partial charge in [-0.15, -0.1) is 0 Å². The average molecular weight is 508 g/mol. The van der Waals surface area contributed by atoms with Crippen molar-refractivity contribution in [1.29, 1.82) is 0 Å². The van der Waals surface area contributed by atoms with Gasteiger partial charge in [0.05, 0.1) is 12.1 Å². The van der Waals surface area contributed by atoms with Crippen LogP contribution >= 0.6 is 0 Å². The van der Waals surface area contributed by atoms with Crippen molar-refractivity contribution >= 4 is 17.8 Å². The number of carboxylic acids is 1. The second kappa shape index (κ2) is 13.2. The lowest BCUT2D eigenvalue weighted by molar-refractivity contribution is -0.138. The summed E-state index contributed by atoms with van der Waals surface area (Å²) in [6.45, 7) is 9.38. The second-order valence-corrected chi connectivity index (χ2v) is 10.4. The number of nitrogens with zero attached hydrogens (tertiary/aromatic N) is 1. The summed E-state index contributed by atoms with van der Waals surface area (Å²) < 4.78 is 0. The summed E-state index contributed by atoms with van der Waals surface area (Å²) in [6, 6.07) is 17.5. The number of nitrogens with one attached hydrogen (secondary N) is 2. The number of likely N-dealkylation sites (N-methyl/N-ethyl adjacent to an activating group) is 2. The van der Waals surface area contributed by atoms with E-state index in [-0.39, 0.29) is 23.3 Å². The third-order valence-corrected chi connectivity index (χ3v) is 6.92. The largest absolute Gasteiger partial charge is 0.478 e. The van der Waals surface area contributed by atoms with E-state index in [4.69, 9.17) is 0 Å². The van der Waals surface area contributed by atoms with E-state index in [1.165, 1.54) is 6.92 Å². The Balaban J connectivity index is 2.40. The Morgan fingerprint density at radius 2 is 1.54 bits per heavy atom. The van der Waals surface area contributed by atoms with Crippen LogP contribution in [0, 0.1) is 5.92 Å². The van der Waals surface area contributed by atoms with Gasteiger partial charge in [0.25, 0.3) is 0 Å². The smallest absolute Gasteiger partial charge is 0.331 e. The normalized spacial score (nSPS) is 14.5. The molecule has 37 heavy (non-hydrogen) atoms. The van der Waals surface area contributed by atoms with E-state index in [2.05, 4.69) is 10.6 Å². The lowest BCUT2D eigenvalue weighted by Crippen LogP contribution is -2.59. The van der Waals surface area contributed by atoms with Crippen LogP contribution < -0.4 is 10.6 Å². The third-order valence-electron chi connectivity index (χ3n) is 6.92. The molecule has 200 valence electrons. The molecular weight excluding hydrogens is 466 g/mol. The summed E-state index contributed by atoms with van der Waals surface area (Å²) in [6.07, 6.45) is 1.91. The molecule has 0 bridgehead atoms. The summed E-state index contributed by atoms with van der Waals surface area (Å²) in [7, 11) is 3.40. The fourth-order valence-corrected chi connectivity index (χ4v) is 4.63. The maximum absolute atomic E-state index is 13.8. The highest BCUT2D eigenvalue weighted by molar-refractivity contribution is 5.91. The number of amides is 2. The predicted octanol–water partition coefficient (Wildman–Crippen LogP) is 3.79. The number of hydrogen-bond donors (Lipinski definition) is 3. The summed E-state index contributed by atoms with van der Waals surface area (Å²) in [4.78, 5) is 40.5. The van der Waals surface area contributed by atoms with Crippen LogP contribution in [0.5, 0.6) is 0 Å². The molecule has 0 spiro atoms. The third kappa shape index (κ3) is 7.76. The van der Waals surface area contributed by atoms with E-state index in [1.807, 2.05) is 88.4 Å². The number of rotatable bonds is 12. The lowest BCUT2D eigenvalue weighted by atomic mass is 9.77. The number of carbonyl (C=O) groups is 3. The zero-order chi connectivity index (χ0) is 27.8. The first-order chi connectivity index (χ1) is 17.4. The molecule has 7 heteroatoms. The molecule has 0 heterocycles. The standard InChI is InChI=1S/C30H41N3O4/c1-20(2)25(18-21(3)29(36)37)33(7)28(35)24(19-22-14-10-8-11-15-22)32-27(34)26(31-6)30(4,5)23-16-12-9-13-17-23/h8-18,20,24-26,31H,19H2,1-7H3,(H,32,34)(H,36,37)/b21-18+/t24-,25+,26+/m0/s1. The van der Waals surface area contributed by atoms with E-state index in [9.17, 15) is 19.5 Å². The summed E-state index contributed by atoms with van der Waals surface area (Å²) in [5.74, 6) is -1.62. The molecule has 0 aliphatic carbocycles. The van der Waals surface area contributed by atoms with E-state index in [1.54, 1.807) is 25.1 Å². The average Bonchev–Trinajstić information content (AvgIpc) is 2.87. The van der Waals surface area contributed by atoms with Crippen molar-refractivity contribution < 1.29 is 19.5 Å². The van der Waals surface area contributed by atoms with Crippen LogP contribution in [-0.4, -0.2) is 60.0 Å². The van der Waals surface area contributed by atoms with Gasteiger partial charge in [0.15, 0.2) is 0 Å². The Kier molecular flexibility index (Phi) is 10.6. The van der Waals surface area contributed by atoms with Gasteiger partial charge in [-0.25, -0.2) is 4.79 Å². The number of benzene rings is 2. The van der Waals surface area contributed by atoms with Gasteiger partial charge in [-0.2, -0.15) is 0 Å². The zero-order valence-electron chi connectivity index (χ0n) is 23.0. The molecule has 2 rings (SSSR count). The fraction of sp³-hybridized carbons (Fsp3) is 0.433. The molecule has 2 aromatic carbocycles. The minimum atomic E-state index is -1.03. The van der Waals surface area contributed by atoms with Gasteiger partial charge in [0.2, 0.25) is 11.8 Å². The van der Waals surface area contributed by atoms with Crippen molar-refractivity contribution in [3.8, 4) is 0 Å². The molecule has 7 nitrogen and oxygen atoms in total. The number of carboxylic acid groups (broad SMARTS) is 1. The Labute approximate surface area is 221 Å². The molecule has 0 radical (unpaired) electrons. The quantitative estimate of drug-likeness (QED) is 0.380. The summed E-state index contributed by atoms with van der Waals surface area (Å²) in [5, 5.41) is 15.5. The Hall–Kier alpha value is -3.45. The van der Waals surface area contributed by atoms with Gasteiger partial charge >= 0.3 is 5.97 Å². The molecule has 3 N–H and O–H groups in total. The highest BCUT2D eigenvalue weighted by atomic mass is 16.4.